The number of aromatic nitrogens is 4. The molecule has 7 heteroatoms. The number of nitrogens with two attached hydrogens (primary N) is 1. The minimum Gasteiger partial charge on any atom is -0.330 e. The van der Waals surface area contributed by atoms with Gasteiger partial charge in [-0.2, -0.15) is 0 Å². The van der Waals surface area contributed by atoms with Crippen molar-refractivity contribution < 1.29 is 0 Å². The molecule has 0 amide bonds. The second kappa shape index (κ2) is 6.71. The van der Waals surface area contributed by atoms with Crippen LogP contribution in [0.5, 0.6) is 0 Å². The molecule has 21 heavy (non-hydrogen) atoms. The van der Waals surface area contributed by atoms with Crippen molar-refractivity contribution in [1.29, 1.82) is 0 Å². The van der Waals surface area contributed by atoms with Gasteiger partial charge in [-0.15, -0.1) is 0 Å². The Balaban J connectivity index is 2.69. The topological polar surface area (TPSA) is 87.8 Å². The first-order valence-corrected chi connectivity index (χ1v) is 7.54. The Morgan fingerprint density at radius 3 is 2.52 bits per heavy atom. The van der Waals surface area contributed by atoms with Crippen molar-refractivity contribution in [2.45, 2.75) is 52.7 Å². The Hall–Kier alpha value is -1.89. The maximum Gasteiger partial charge on any atom is 0.332 e. The molecule has 0 aliphatic carbocycles. The molecular weight excluding hydrogens is 270 g/mol. The van der Waals surface area contributed by atoms with Gasteiger partial charge in [-0.3, -0.25) is 13.9 Å². The molecule has 2 rings (SSSR count). The molecule has 0 aliphatic heterocycles. The molecule has 116 valence electrons. The Labute approximate surface area is 123 Å². The van der Waals surface area contributed by atoms with E-state index >= 15 is 0 Å². The highest BCUT2D eigenvalue weighted by molar-refractivity contribution is 5.70. The molecule has 0 aromatic carbocycles. The molecule has 2 aromatic heterocycles. The van der Waals surface area contributed by atoms with Crippen LogP contribution in [-0.2, 0) is 19.6 Å². The molecule has 0 saturated carbocycles. The third-order valence-corrected chi connectivity index (χ3v) is 3.64. The standard InChI is InChI=1S/C14H23N5O2/c1-3-5-9-19-12-11(13(20)18(4-2)14(19)21)17(10-16-12)8-6-7-15/h10H,3-9,15H2,1-2H3. The van der Waals surface area contributed by atoms with E-state index in [1.54, 1.807) is 22.4 Å². The van der Waals surface area contributed by atoms with Gasteiger partial charge >= 0.3 is 5.69 Å². The van der Waals surface area contributed by atoms with Crippen molar-refractivity contribution in [2.24, 2.45) is 5.73 Å². The highest BCUT2D eigenvalue weighted by atomic mass is 16.2. The molecule has 2 heterocycles. The summed E-state index contributed by atoms with van der Waals surface area (Å²) in [6.07, 6.45) is 4.26. The molecule has 0 fully saturated rings. The SMILES string of the molecule is CCCCn1c(=O)n(CC)c(=O)c2c1ncn2CCCN. The van der Waals surface area contributed by atoms with Gasteiger partial charge in [-0.1, -0.05) is 13.3 Å². The number of aryl methyl sites for hydroxylation is 2. The van der Waals surface area contributed by atoms with Crippen LogP contribution >= 0.6 is 0 Å². The average Bonchev–Trinajstić information content (AvgIpc) is 2.89. The fourth-order valence-electron chi connectivity index (χ4n) is 2.47. The van der Waals surface area contributed by atoms with E-state index in [0.29, 0.717) is 37.3 Å². The quantitative estimate of drug-likeness (QED) is 0.806. The maximum absolute atomic E-state index is 12.5. The van der Waals surface area contributed by atoms with Crippen molar-refractivity contribution in [3.05, 3.63) is 27.2 Å². The molecule has 2 aromatic rings. The molecule has 0 atom stereocenters. The second-order valence-electron chi connectivity index (χ2n) is 5.09. The third kappa shape index (κ3) is 2.78. The lowest BCUT2D eigenvalue weighted by molar-refractivity contribution is 0.559. The van der Waals surface area contributed by atoms with Crippen LogP contribution in [0.3, 0.4) is 0 Å². The van der Waals surface area contributed by atoms with Crippen molar-refractivity contribution in [3.8, 4) is 0 Å². The Kier molecular flexibility index (Phi) is 4.95. The highest BCUT2D eigenvalue weighted by Crippen LogP contribution is 2.08. The van der Waals surface area contributed by atoms with Gasteiger partial charge in [0.2, 0.25) is 0 Å². The van der Waals surface area contributed by atoms with Crippen LogP contribution in [0.15, 0.2) is 15.9 Å². The summed E-state index contributed by atoms with van der Waals surface area (Å²) in [4.78, 5) is 29.2. The van der Waals surface area contributed by atoms with Crippen LogP contribution in [0, 0.1) is 0 Å². The lowest BCUT2D eigenvalue weighted by Crippen LogP contribution is -2.40. The predicted molar refractivity (Wildman–Crippen MR) is 82.5 cm³/mol. The smallest absolute Gasteiger partial charge is 0.330 e. The van der Waals surface area contributed by atoms with Crippen LogP contribution in [0.2, 0.25) is 0 Å². The first-order valence-electron chi connectivity index (χ1n) is 7.54. The van der Waals surface area contributed by atoms with Crippen LogP contribution in [-0.4, -0.2) is 25.2 Å². The fourth-order valence-corrected chi connectivity index (χ4v) is 2.47. The van der Waals surface area contributed by atoms with Gasteiger partial charge in [0, 0.05) is 19.6 Å². The summed E-state index contributed by atoms with van der Waals surface area (Å²) in [6, 6.07) is 0. The van der Waals surface area contributed by atoms with Gasteiger partial charge in [0.05, 0.1) is 6.33 Å². The molecule has 0 spiro atoms. The number of imidazole rings is 1. The van der Waals surface area contributed by atoms with Crippen molar-refractivity contribution in [3.63, 3.8) is 0 Å². The summed E-state index contributed by atoms with van der Waals surface area (Å²) in [5.74, 6) is 0. The summed E-state index contributed by atoms with van der Waals surface area (Å²) < 4.78 is 4.69. The van der Waals surface area contributed by atoms with Gasteiger partial charge in [-0.25, -0.2) is 9.78 Å². The summed E-state index contributed by atoms with van der Waals surface area (Å²) >= 11 is 0. The molecule has 0 radical (unpaired) electrons. The highest BCUT2D eigenvalue weighted by Gasteiger charge is 2.16. The van der Waals surface area contributed by atoms with E-state index in [1.807, 2.05) is 0 Å². The van der Waals surface area contributed by atoms with Crippen LogP contribution in [0.1, 0.15) is 33.1 Å². The zero-order valence-electron chi connectivity index (χ0n) is 12.7. The normalized spacial score (nSPS) is 11.4. The number of unbranched alkanes of at least 4 members (excludes halogenated alkanes) is 1. The molecular formula is C14H23N5O2. The first kappa shape index (κ1) is 15.5. The van der Waals surface area contributed by atoms with E-state index in [2.05, 4.69) is 11.9 Å². The summed E-state index contributed by atoms with van der Waals surface area (Å²) in [6.45, 7) is 6.01. The van der Waals surface area contributed by atoms with Crippen molar-refractivity contribution >= 4 is 11.2 Å². The van der Waals surface area contributed by atoms with E-state index in [-0.39, 0.29) is 11.2 Å². The van der Waals surface area contributed by atoms with Gasteiger partial charge in [0.1, 0.15) is 0 Å². The molecule has 7 nitrogen and oxygen atoms in total. The first-order chi connectivity index (χ1) is 10.2. The molecule has 0 aliphatic rings. The zero-order chi connectivity index (χ0) is 15.4. The zero-order valence-corrected chi connectivity index (χ0v) is 12.7. The fraction of sp³-hybridized carbons (Fsp3) is 0.643. The van der Waals surface area contributed by atoms with E-state index in [4.69, 9.17) is 5.73 Å². The monoisotopic (exact) mass is 293 g/mol. The minimum absolute atomic E-state index is 0.264. The second-order valence-corrected chi connectivity index (χ2v) is 5.09. The molecule has 0 saturated heterocycles. The van der Waals surface area contributed by atoms with E-state index in [9.17, 15) is 9.59 Å². The van der Waals surface area contributed by atoms with Gasteiger partial charge < -0.3 is 10.3 Å². The van der Waals surface area contributed by atoms with E-state index in [0.717, 1.165) is 19.3 Å². The Morgan fingerprint density at radius 2 is 1.90 bits per heavy atom. The van der Waals surface area contributed by atoms with Gasteiger partial charge in [0.15, 0.2) is 11.2 Å². The van der Waals surface area contributed by atoms with Crippen LogP contribution in [0.25, 0.3) is 11.2 Å². The summed E-state index contributed by atoms with van der Waals surface area (Å²) in [5, 5.41) is 0. The number of hydrogen-bond acceptors (Lipinski definition) is 4. The molecule has 0 bridgehead atoms. The van der Waals surface area contributed by atoms with E-state index in [1.165, 1.54) is 4.57 Å². The average molecular weight is 293 g/mol. The third-order valence-electron chi connectivity index (χ3n) is 3.64. The van der Waals surface area contributed by atoms with Gasteiger partial charge in [0.25, 0.3) is 5.56 Å². The Morgan fingerprint density at radius 1 is 1.14 bits per heavy atom. The number of nitrogens with zero attached hydrogens (tertiary/aromatic N) is 4. The summed E-state index contributed by atoms with van der Waals surface area (Å²) in [7, 11) is 0. The largest absolute Gasteiger partial charge is 0.332 e. The van der Waals surface area contributed by atoms with Crippen molar-refractivity contribution in [2.75, 3.05) is 6.54 Å². The lowest BCUT2D eigenvalue weighted by atomic mass is 10.3. The van der Waals surface area contributed by atoms with E-state index < -0.39 is 0 Å². The van der Waals surface area contributed by atoms with Crippen LogP contribution in [0.4, 0.5) is 0 Å². The predicted octanol–water partition coefficient (Wildman–Crippen LogP) is 0.529. The van der Waals surface area contributed by atoms with Crippen LogP contribution < -0.4 is 17.0 Å². The summed E-state index contributed by atoms with van der Waals surface area (Å²) in [5.41, 5.74) is 5.98. The lowest BCUT2D eigenvalue weighted by Gasteiger charge is -2.11. The van der Waals surface area contributed by atoms with Crippen molar-refractivity contribution in [1.82, 2.24) is 18.7 Å². The maximum atomic E-state index is 12.5. The number of rotatable bonds is 7. The minimum atomic E-state index is -0.271. The molecule has 0 unspecified atom stereocenters. The Bertz CT molecular complexity index is 725. The number of fused-ring (bicyclic) bond motifs is 1. The van der Waals surface area contributed by atoms with Gasteiger partial charge in [-0.05, 0) is 26.3 Å². The number of hydrogen-bond donors (Lipinski definition) is 1. The molecule has 2 N–H and O–H groups in total.